The summed E-state index contributed by atoms with van der Waals surface area (Å²) in [4.78, 5) is 0. The number of nitrogens with one attached hydrogen (secondary N) is 1. The van der Waals surface area contributed by atoms with Gasteiger partial charge in [0.1, 0.15) is 0 Å². The third-order valence-electron chi connectivity index (χ3n) is 4.85. The first kappa shape index (κ1) is 11.2. The van der Waals surface area contributed by atoms with Gasteiger partial charge in [0.2, 0.25) is 0 Å². The van der Waals surface area contributed by atoms with Crippen LogP contribution >= 0.6 is 0 Å². The van der Waals surface area contributed by atoms with E-state index < -0.39 is 0 Å². The minimum absolute atomic E-state index is 0.579. The largest absolute Gasteiger partial charge is 0.316 e. The van der Waals surface area contributed by atoms with Gasteiger partial charge in [-0.3, -0.25) is 0 Å². The molecule has 1 heterocycles. The molecule has 96 valence electrons. The van der Waals surface area contributed by atoms with Crippen molar-refractivity contribution in [1.29, 1.82) is 0 Å². The molecule has 3 atom stereocenters. The Kier molecular flexibility index (Phi) is 2.66. The van der Waals surface area contributed by atoms with Crippen LogP contribution in [0.15, 0.2) is 54.6 Å². The summed E-state index contributed by atoms with van der Waals surface area (Å²) >= 11 is 0. The van der Waals surface area contributed by atoms with Gasteiger partial charge in [-0.05, 0) is 48.0 Å². The molecule has 0 bridgehead atoms. The van der Waals surface area contributed by atoms with Crippen molar-refractivity contribution in [2.75, 3.05) is 13.1 Å². The van der Waals surface area contributed by atoms with Crippen molar-refractivity contribution in [3.05, 3.63) is 71.3 Å². The molecule has 1 aliphatic carbocycles. The van der Waals surface area contributed by atoms with E-state index in [1.165, 1.54) is 12.0 Å². The number of hydrogen-bond acceptors (Lipinski definition) is 1. The highest BCUT2D eigenvalue weighted by Crippen LogP contribution is 2.51. The van der Waals surface area contributed by atoms with Crippen LogP contribution in [0, 0.1) is 5.92 Å². The molecule has 2 aliphatic rings. The van der Waals surface area contributed by atoms with E-state index in [1.54, 1.807) is 11.1 Å². The first-order chi connectivity index (χ1) is 9.45. The number of rotatable bonds is 1. The van der Waals surface area contributed by atoms with Crippen LogP contribution in [0.4, 0.5) is 0 Å². The Labute approximate surface area is 114 Å². The van der Waals surface area contributed by atoms with E-state index in [-0.39, 0.29) is 0 Å². The first-order valence-corrected chi connectivity index (χ1v) is 7.29. The predicted molar refractivity (Wildman–Crippen MR) is 78.4 cm³/mol. The van der Waals surface area contributed by atoms with E-state index in [1.807, 2.05) is 0 Å². The van der Waals surface area contributed by atoms with Gasteiger partial charge in [0.15, 0.2) is 0 Å². The summed E-state index contributed by atoms with van der Waals surface area (Å²) in [7, 11) is 0. The Morgan fingerprint density at radius 2 is 1.58 bits per heavy atom. The van der Waals surface area contributed by atoms with Gasteiger partial charge in [0.05, 0.1) is 0 Å². The summed E-state index contributed by atoms with van der Waals surface area (Å²) in [5, 5.41) is 3.59. The quantitative estimate of drug-likeness (QED) is 0.815. The lowest BCUT2D eigenvalue weighted by atomic mass is 9.79. The van der Waals surface area contributed by atoms with E-state index in [4.69, 9.17) is 0 Å². The second kappa shape index (κ2) is 4.50. The van der Waals surface area contributed by atoms with E-state index in [0.29, 0.717) is 5.92 Å². The molecule has 1 fully saturated rings. The molecule has 0 spiro atoms. The number of fused-ring (bicyclic) bond motifs is 3. The van der Waals surface area contributed by atoms with Crippen LogP contribution in [0.1, 0.15) is 34.9 Å². The summed E-state index contributed by atoms with van der Waals surface area (Å²) in [5.74, 6) is 2.06. The zero-order valence-corrected chi connectivity index (χ0v) is 11.0. The van der Waals surface area contributed by atoms with E-state index in [9.17, 15) is 0 Å². The van der Waals surface area contributed by atoms with Crippen molar-refractivity contribution in [1.82, 2.24) is 5.32 Å². The average molecular weight is 249 g/mol. The summed E-state index contributed by atoms with van der Waals surface area (Å²) in [6.07, 6.45) is 1.28. The molecule has 2 aromatic rings. The molecular weight excluding hydrogens is 230 g/mol. The zero-order chi connectivity index (χ0) is 12.7. The maximum Gasteiger partial charge on any atom is 0.0138 e. The molecule has 1 N–H and O–H groups in total. The van der Waals surface area contributed by atoms with Crippen molar-refractivity contribution < 1.29 is 0 Å². The minimum atomic E-state index is 0.579. The fourth-order valence-corrected chi connectivity index (χ4v) is 4.07. The van der Waals surface area contributed by atoms with Crippen LogP contribution in [0.3, 0.4) is 0 Å². The highest BCUT2D eigenvalue weighted by molar-refractivity contribution is 5.46. The molecule has 1 saturated heterocycles. The van der Waals surface area contributed by atoms with Gasteiger partial charge in [0, 0.05) is 5.92 Å². The van der Waals surface area contributed by atoms with Gasteiger partial charge >= 0.3 is 0 Å². The molecule has 0 aromatic heterocycles. The van der Waals surface area contributed by atoms with Crippen LogP contribution in [0.2, 0.25) is 0 Å². The average Bonchev–Trinajstić information content (AvgIpc) is 2.83. The molecule has 19 heavy (non-hydrogen) atoms. The number of benzene rings is 2. The number of piperidine rings is 1. The molecule has 0 amide bonds. The fraction of sp³-hybridized carbons (Fsp3) is 0.333. The van der Waals surface area contributed by atoms with Crippen molar-refractivity contribution >= 4 is 0 Å². The van der Waals surface area contributed by atoms with E-state index >= 15 is 0 Å². The topological polar surface area (TPSA) is 12.0 Å². The van der Waals surface area contributed by atoms with E-state index in [2.05, 4.69) is 59.9 Å². The lowest BCUT2D eigenvalue weighted by molar-refractivity contribution is 0.327. The highest BCUT2D eigenvalue weighted by Gasteiger charge is 2.41. The Balaban J connectivity index is 1.85. The van der Waals surface area contributed by atoms with Gasteiger partial charge in [-0.25, -0.2) is 0 Å². The van der Waals surface area contributed by atoms with Crippen LogP contribution in [0.25, 0.3) is 0 Å². The van der Waals surface area contributed by atoms with Crippen LogP contribution < -0.4 is 5.32 Å². The molecule has 1 heteroatoms. The predicted octanol–water partition coefficient (Wildman–Crippen LogP) is 3.53. The van der Waals surface area contributed by atoms with Gasteiger partial charge in [0.25, 0.3) is 0 Å². The molecule has 1 unspecified atom stereocenters. The third kappa shape index (κ3) is 1.73. The summed E-state index contributed by atoms with van der Waals surface area (Å²) < 4.78 is 0. The highest BCUT2D eigenvalue weighted by atomic mass is 14.9. The Morgan fingerprint density at radius 3 is 2.42 bits per heavy atom. The van der Waals surface area contributed by atoms with Gasteiger partial charge in [-0.15, -0.1) is 0 Å². The Bertz CT molecular complexity index is 575. The molecule has 0 radical (unpaired) electrons. The fourth-order valence-electron chi connectivity index (χ4n) is 4.07. The standard InChI is InChI=1S/C18H19N/c1-2-6-13(7-3-1)18-16-9-5-4-8-14(16)15-10-11-19-12-17(15)18/h1-9,15,17-19H,10-12H2/t15-,17-,18?/m0/s1. The van der Waals surface area contributed by atoms with Gasteiger partial charge < -0.3 is 5.32 Å². The van der Waals surface area contributed by atoms with Gasteiger partial charge in [-0.1, -0.05) is 54.6 Å². The smallest absolute Gasteiger partial charge is 0.0138 e. The Hall–Kier alpha value is -1.60. The molecule has 1 nitrogen and oxygen atoms in total. The maximum absolute atomic E-state index is 3.59. The first-order valence-electron chi connectivity index (χ1n) is 7.29. The zero-order valence-electron chi connectivity index (χ0n) is 11.0. The molecule has 1 aliphatic heterocycles. The normalized spacial score (nSPS) is 28.7. The van der Waals surface area contributed by atoms with Crippen LogP contribution in [0.5, 0.6) is 0 Å². The second-order valence-corrected chi connectivity index (χ2v) is 5.78. The van der Waals surface area contributed by atoms with Crippen molar-refractivity contribution in [3.63, 3.8) is 0 Å². The number of hydrogen-bond donors (Lipinski definition) is 1. The van der Waals surface area contributed by atoms with Gasteiger partial charge in [-0.2, -0.15) is 0 Å². The van der Waals surface area contributed by atoms with Crippen LogP contribution in [-0.4, -0.2) is 13.1 Å². The molecular formula is C18H19N. The Morgan fingerprint density at radius 1 is 0.842 bits per heavy atom. The van der Waals surface area contributed by atoms with Crippen molar-refractivity contribution in [2.24, 2.45) is 5.92 Å². The van der Waals surface area contributed by atoms with Crippen molar-refractivity contribution in [3.8, 4) is 0 Å². The lowest BCUT2D eigenvalue weighted by Crippen LogP contribution is -2.35. The van der Waals surface area contributed by atoms with E-state index in [0.717, 1.165) is 24.9 Å². The minimum Gasteiger partial charge on any atom is -0.316 e. The monoisotopic (exact) mass is 249 g/mol. The summed E-state index contributed by atoms with van der Waals surface area (Å²) in [6.45, 7) is 2.32. The molecule has 0 saturated carbocycles. The molecule has 2 aromatic carbocycles. The summed E-state index contributed by atoms with van der Waals surface area (Å²) in [5.41, 5.74) is 4.64. The molecule has 4 rings (SSSR count). The SMILES string of the molecule is c1ccc(C2c3ccccc3[C@@H]3CCNC[C@H]23)cc1. The second-order valence-electron chi connectivity index (χ2n) is 5.78. The summed E-state index contributed by atoms with van der Waals surface area (Å²) in [6, 6.07) is 20.1. The van der Waals surface area contributed by atoms with Crippen LogP contribution in [-0.2, 0) is 0 Å². The maximum atomic E-state index is 3.59. The lowest BCUT2D eigenvalue weighted by Gasteiger charge is -2.30. The van der Waals surface area contributed by atoms with Crippen molar-refractivity contribution in [2.45, 2.75) is 18.3 Å². The third-order valence-corrected chi connectivity index (χ3v) is 4.85.